The fourth-order valence-electron chi connectivity index (χ4n) is 4.18. The maximum absolute atomic E-state index is 11.8. The van der Waals surface area contributed by atoms with Crippen LogP contribution in [0.2, 0.25) is 0 Å². The number of anilines is 2. The second-order valence-corrected chi connectivity index (χ2v) is 7.95. The summed E-state index contributed by atoms with van der Waals surface area (Å²) in [6.07, 6.45) is 9.04. The summed E-state index contributed by atoms with van der Waals surface area (Å²) in [5, 5.41) is 0. The molecular formula is C26H24N2O4. The maximum atomic E-state index is 11.8. The SMILES string of the molecule is CCC(CCCc1ccc(N2C(=O)C=CC2=O)cc1)c1ccc(N2C(=O)C=CC2=O)cc1. The van der Waals surface area contributed by atoms with Crippen LogP contribution >= 0.6 is 0 Å². The summed E-state index contributed by atoms with van der Waals surface area (Å²) >= 11 is 0. The lowest BCUT2D eigenvalue weighted by atomic mass is 9.90. The van der Waals surface area contributed by atoms with E-state index in [2.05, 4.69) is 6.92 Å². The molecule has 0 radical (unpaired) electrons. The van der Waals surface area contributed by atoms with Crippen molar-refractivity contribution < 1.29 is 19.2 Å². The van der Waals surface area contributed by atoms with Gasteiger partial charge in [0.1, 0.15) is 0 Å². The van der Waals surface area contributed by atoms with Crippen molar-refractivity contribution in [3.8, 4) is 0 Å². The molecule has 2 aromatic rings. The lowest BCUT2D eigenvalue weighted by molar-refractivity contribution is -0.121. The van der Waals surface area contributed by atoms with Crippen LogP contribution in [0, 0.1) is 0 Å². The Morgan fingerprint density at radius 1 is 0.656 bits per heavy atom. The first kappa shape index (κ1) is 21.4. The Morgan fingerprint density at radius 2 is 1.09 bits per heavy atom. The quantitative estimate of drug-likeness (QED) is 0.594. The summed E-state index contributed by atoms with van der Waals surface area (Å²) in [7, 11) is 0. The van der Waals surface area contributed by atoms with E-state index in [0.29, 0.717) is 17.3 Å². The zero-order valence-corrected chi connectivity index (χ0v) is 17.9. The molecule has 6 heteroatoms. The summed E-state index contributed by atoms with van der Waals surface area (Å²) in [5.41, 5.74) is 3.53. The highest BCUT2D eigenvalue weighted by Gasteiger charge is 2.26. The molecule has 0 saturated heterocycles. The number of aryl methyl sites for hydroxylation is 1. The first-order chi connectivity index (χ1) is 15.5. The fourth-order valence-corrected chi connectivity index (χ4v) is 4.18. The van der Waals surface area contributed by atoms with Crippen molar-refractivity contribution in [1.29, 1.82) is 0 Å². The second kappa shape index (κ2) is 9.14. The first-order valence-electron chi connectivity index (χ1n) is 10.8. The van der Waals surface area contributed by atoms with E-state index in [1.54, 1.807) is 0 Å². The van der Waals surface area contributed by atoms with Crippen LogP contribution in [-0.4, -0.2) is 23.6 Å². The van der Waals surface area contributed by atoms with Crippen molar-refractivity contribution in [1.82, 2.24) is 0 Å². The number of hydrogen-bond acceptors (Lipinski definition) is 4. The fraction of sp³-hybridized carbons (Fsp3) is 0.231. The summed E-state index contributed by atoms with van der Waals surface area (Å²) in [4.78, 5) is 49.6. The molecule has 4 amide bonds. The molecule has 0 aromatic heterocycles. The van der Waals surface area contributed by atoms with Crippen LogP contribution < -0.4 is 9.80 Å². The van der Waals surface area contributed by atoms with E-state index in [9.17, 15) is 19.2 Å². The first-order valence-corrected chi connectivity index (χ1v) is 10.8. The van der Waals surface area contributed by atoms with E-state index < -0.39 is 0 Å². The minimum atomic E-state index is -0.311. The van der Waals surface area contributed by atoms with Gasteiger partial charge in [0.25, 0.3) is 23.6 Å². The van der Waals surface area contributed by atoms with Crippen LogP contribution in [0.5, 0.6) is 0 Å². The molecular weight excluding hydrogens is 404 g/mol. The number of benzene rings is 2. The molecule has 0 N–H and O–H groups in total. The van der Waals surface area contributed by atoms with Crippen molar-refractivity contribution >= 4 is 35.0 Å². The van der Waals surface area contributed by atoms with Gasteiger partial charge >= 0.3 is 0 Å². The van der Waals surface area contributed by atoms with Gasteiger partial charge in [-0.1, -0.05) is 31.2 Å². The Bertz CT molecular complexity index is 1080. The molecule has 0 saturated carbocycles. The van der Waals surface area contributed by atoms with Crippen LogP contribution in [0.25, 0.3) is 0 Å². The molecule has 2 aromatic carbocycles. The third-order valence-electron chi connectivity index (χ3n) is 5.95. The Hall–Kier alpha value is -3.80. The lowest BCUT2D eigenvalue weighted by Gasteiger charge is -2.18. The van der Waals surface area contributed by atoms with E-state index in [-0.39, 0.29) is 23.6 Å². The predicted molar refractivity (Wildman–Crippen MR) is 122 cm³/mol. The molecule has 162 valence electrons. The Kier molecular flexibility index (Phi) is 6.12. The van der Waals surface area contributed by atoms with E-state index in [1.165, 1.54) is 39.7 Å². The number of carbonyl (C=O) groups excluding carboxylic acids is 4. The number of nitrogens with zero attached hydrogens (tertiary/aromatic N) is 2. The van der Waals surface area contributed by atoms with Gasteiger partial charge in [0.2, 0.25) is 0 Å². The van der Waals surface area contributed by atoms with Crippen LogP contribution in [0.3, 0.4) is 0 Å². The normalized spacial score (nSPS) is 16.5. The monoisotopic (exact) mass is 428 g/mol. The molecule has 32 heavy (non-hydrogen) atoms. The van der Waals surface area contributed by atoms with Gasteiger partial charge in [0, 0.05) is 24.3 Å². The highest BCUT2D eigenvalue weighted by Crippen LogP contribution is 2.29. The minimum Gasteiger partial charge on any atom is -0.269 e. The molecule has 0 aliphatic carbocycles. The summed E-state index contributed by atoms with van der Waals surface area (Å²) in [6.45, 7) is 2.16. The van der Waals surface area contributed by atoms with Gasteiger partial charge in [-0.25, -0.2) is 9.80 Å². The summed E-state index contributed by atoms with van der Waals surface area (Å²) in [6, 6.07) is 15.2. The Labute approximate surface area is 186 Å². The number of amides is 4. The highest BCUT2D eigenvalue weighted by molar-refractivity contribution is 6.28. The van der Waals surface area contributed by atoms with Crippen molar-refractivity contribution in [2.75, 3.05) is 9.80 Å². The molecule has 0 bridgehead atoms. The molecule has 2 aliphatic heterocycles. The predicted octanol–water partition coefficient (Wildman–Crippen LogP) is 4.06. The molecule has 0 spiro atoms. The molecule has 6 nitrogen and oxygen atoms in total. The average Bonchev–Trinajstić information content (AvgIpc) is 3.32. The zero-order chi connectivity index (χ0) is 22.7. The molecule has 0 fully saturated rings. The van der Waals surface area contributed by atoms with Gasteiger partial charge < -0.3 is 0 Å². The van der Waals surface area contributed by atoms with E-state index >= 15 is 0 Å². The van der Waals surface area contributed by atoms with E-state index in [0.717, 1.165) is 31.2 Å². The molecule has 2 heterocycles. The molecule has 4 rings (SSSR count). The van der Waals surface area contributed by atoms with Crippen molar-refractivity contribution in [2.45, 2.75) is 38.5 Å². The van der Waals surface area contributed by atoms with Crippen LogP contribution in [-0.2, 0) is 25.6 Å². The summed E-state index contributed by atoms with van der Waals surface area (Å²) in [5.74, 6) is -0.855. The van der Waals surface area contributed by atoms with Gasteiger partial charge in [-0.15, -0.1) is 0 Å². The van der Waals surface area contributed by atoms with Crippen LogP contribution in [0.1, 0.15) is 43.2 Å². The van der Waals surface area contributed by atoms with Crippen molar-refractivity contribution in [3.05, 3.63) is 84.0 Å². The number of carbonyl (C=O) groups is 4. The third kappa shape index (κ3) is 4.30. The van der Waals surface area contributed by atoms with Gasteiger partial charge in [0.15, 0.2) is 0 Å². The lowest BCUT2D eigenvalue weighted by Crippen LogP contribution is -2.29. The van der Waals surface area contributed by atoms with Gasteiger partial charge in [0.05, 0.1) is 11.4 Å². The number of imide groups is 2. The Morgan fingerprint density at radius 3 is 1.53 bits per heavy atom. The Balaban J connectivity index is 1.33. The smallest absolute Gasteiger partial charge is 0.258 e. The highest BCUT2D eigenvalue weighted by atomic mass is 16.2. The molecule has 2 aliphatic rings. The maximum Gasteiger partial charge on any atom is 0.258 e. The number of hydrogen-bond donors (Lipinski definition) is 0. The van der Waals surface area contributed by atoms with Crippen LogP contribution in [0.4, 0.5) is 11.4 Å². The van der Waals surface area contributed by atoms with Gasteiger partial charge in [-0.05, 0) is 67.0 Å². The van der Waals surface area contributed by atoms with Crippen molar-refractivity contribution in [3.63, 3.8) is 0 Å². The van der Waals surface area contributed by atoms with Crippen LogP contribution in [0.15, 0.2) is 72.8 Å². The average molecular weight is 428 g/mol. The minimum absolute atomic E-state index is 0.310. The second-order valence-electron chi connectivity index (χ2n) is 7.95. The standard InChI is InChI=1S/C26H24N2O4/c1-2-19(20-8-12-22(13-9-20)28-25(31)16-17-26(28)32)5-3-4-18-6-10-21(11-7-18)27-23(29)14-15-24(27)30/h6-17,19H,2-5H2,1H3. The van der Waals surface area contributed by atoms with Gasteiger partial charge in [-0.3, -0.25) is 19.2 Å². The zero-order valence-electron chi connectivity index (χ0n) is 17.9. The number of rotatable bonds is 8. The molecule has 1 atom stereocenters. The largest absolute Gasteiger partial charge is 0.269 e. The third-order valence-corrected chi connectivity index (χ3v) is 5.95. The van der Waals surface area contributed by atoms with E-state index in [1.807, 2.05) is 48.5 Å². The van der Waals surface area contributed by atoms with Gasteiger partial charge in [-0.2, -0.15) is 0 Å². The van der Waals surface area contributed by atoms with E-state index in [4.69, 9.17) is 0 Å². The molecule has 1 unspecified atom stereocenters. The topological polar surface area (TPSA) is 74.8 Å². The van der Waals surface area contributed by atoms with Crippen molar-refractivity contribution in [2.24, 2.45) is 0 Å². The summed E-state index contributed by atoms with van der Waals surface area (Å²) < 4.78 is 0.